The Bertz CT molecular complexity index is 1490. The minimum absolute atomic E-state index is 0.225. The standard InChI is InChI=1S/C27H24N2O3S2/c1-18-8-2-5-11-21(18)25(17-28)24-14-15-33-27(24)29-32-34(30,31)26-22-12-6-3-9-19(22)16-20-10-4-7-13-23(20)26/h2-3,6,8-9,12,14-16H,4-5,7,10-11,13H2,1H3/b25-24+,29-27-. The third-order valence-corrected chi connectivity index (χ3v) is 8.55. The normalized spacial score (nSPS) is 20.5. The minimum Gasteiger partial charge on any atom is -0.264 e. The maximum Gasteiger partial charge on any atom is 0.359 e. The molecule has 0 unspecified atom stereocenters. The minimum atomic E-state index is -4.16. The van der Waals surface area contributed by atoms with Crippen LogP contribution >= 0.6 is 11.8 Å². The highest BCUT2D eigenvalue weighted by atomic mass is 32.2. The number of allylic oxidation sites excluding steroid dienone is 6. The summed E-state index contributed by atoms with van der Waals surface area (Å²) in [6.45, 7) is 1.98. The van der Waals surface area contributed by atoms with Crippen LogP contribution in [0, 0.1) is 11.3 Å². The van der Waals surface area contributed by atoms with E-state index in [0.717, 1.165) is 59.8 Å². The lowest BCUT2D eigenvalue weighted by atomic mass is 9.89. The Hall–Kier alpha value is -3.08. The number of aryl methyl sites for hydroxylation is 1. The van der Waals surface area contributed by atoms with Crippen molar-refractivity contribution in [2.75, 3.05) is 0 Å². The van der Waals surface area contributed by atoms with Gasteiger partial charge in [0.25, 0.3) is 0 Å². The van der Waals surface area contributed by atoms with Crippen molar-refractivity contribution in [1.29, 1.82) is 5.26 Å². The average molecular weight is 489 g/mol. The third-order valence-electron chi connectivity index (χ3n) is 6.52. The number of nitriles is 1. The molecule has 2 aromatic carbocycles. The molecule has 172 valence electrons. The monoisotopic (exact) mass is 488 g/mol. The predicted octanol–water partition coefficient (Wildman–Crippen LogP) is 6.48. The van der Waals surface area contributed by atoms with Gasteiger partial charge in [-0.3, -0.25) is 4.28 Å². The number of hydrogen-bond donors (Lipinski definition) is 0. The quantitative estimate of drug-likeness (QED) is 0.363. The highest BCUT2D eigenvalue weighted by Gasteiger charge is 2.29. The molecule has 5 rings (SSSR count). The fourth-order valence-corrected chi connectivity index (χ4v) is 6.89. The predicted molar refractivity (Wildman–Crippen MR) is 137 cm³/mol. The summed E-state index contributed by atoms with van der Waals surface area (Å²) in [5.74, 6) is 0. The van der Waals surface area contributed by atoms with Crippen molar-refractivity contribution in [3.8, 4) is 6.07 Å². The zero-order valence-electron chi connectivity index (χ0n) is 18.9. The van der Waals surface area contributed by atoms with Gasteiger partial charge in [-0.25, -0.2) is 0 Å². The molecule has 34 heavy (non-hydrogen) atoms. The largest absolute Gasteiger partial charge is 0.359 e. The molecule has 7 heteroatoms. The van der Waals surface area contributed by atoms with Crippen molar-refractivity contribution < 1.29 is 12.7 Å². The molecule has 0 aromatic heterocycles. The first-order chi connectivity index (χ1) is 16.5. The second kappa shape index (κ2) is 9.28. The van der Waals surface area contributed by atoms with E-state index >= 15 is 0 Å². The van der Waals surface area contributed by atoms with Crippen LogP contribution in [-0.2, 0) is 27.2 Å². The Kier molecular flexibility index (Phi) is 6.20. The van der Waals surface area contributed by atoms with Crippen molar-refractivity contribution in [2.24, 2.45) is 5.16 Å². The van der Waals surface area contributed by atoms with Crippen LogP contribution in [0.15, 0.2) is 86.3 Å². The van der Waals surface area contributed by atoms with Gasteiger partial charge in [0.1, 0.15) is 16.0 Å². The van der Waals surface area contributed by atoms with Crippen LogP contribution in [0.1, 0.15) is 43.7 Å². The molecule has 3 aliphatic rings. The van der Waals surface area contributed by atoms with E-state index in [0.29, 0.717) is 28.0 Å². The van der Waals surface area contributed by atoms with Crippen molar-refractivity contribution in [1.82, 2.24) is 0 Å². The number of hydrogen-bond acceptors (Lipinski definition) is 6. The van der Waals surface area contributed by atoms with Crippen LogP contribution in [0.4, 0.5) is 0 Å². The van der Waals surface area contributed by atoms with Crippen LogP contribution in [-0.4, -0.2) is 13.5 Å². The Morgan fingerprint density at radius 1 is 1.15 bits per heavy atom. The van der Waals surface area contributed by atoms with Gasteiger partial charge in [0.2, 0.25) is 0 Å². The summed E-state index contributed by atoms with van der Waals surface area (Å²) >= 11 is 1.26. The first kappa shape index (κ1) is 22.7. The number of oxime groups is 1. The molecular weight excluding hydrogens is 464 g/mol. The molecule has 2 aromatic rings. The van der Waals surface area contributed by atoms with Gasteiger partial charge in [-0.2, -0.15) is 13.7 Å². The van der Waals surface area contributed by atoms with Crippen molar-refractivity contribution in [3.05, 3.63) is 87.4 Å². The molecule has 0 saturated heterocycles. The highest BCUT2D eigenvalue weighted by Crippen LogP contribution is 2.37. The van der Waals surface area contributed by atoms with Gasteiger partial charge in [0, 0.05) is 11.0 Å². The molecule has 0 saturated carbocycles. The molecule has 0 fully saturated rings. The fraction of sp³-hybridized carbons (Fsp3) is 0.259. The Morgan fingerprint density at radius 2 is 1.97 bits per heavy atom. The summed E-state index contributed by atoms with van der Waals surface area (Å²) in [6.07, 6.45) is 11.1. The zero-order valence-corrected chi connectivity index (χ0v) is 20.5. The number of benzene rings is 2. The number of nitrogens with zero attached hydrogens (tertiary/aromatic N) is 2. The van der Waals surface area contributed by atoms with Crippen molar-refractivity contribution in [3.63, 3.8) is 0 Å². The van der Waals surface area contributed by atoms with Gasteiger partial charge in [0.15, 0.2) is 0 Å². The maximum atomic E-state index is 13.5. The van der Waals surface area contributed by atoms with E-state index in [4.69, 9.17) is 4.28 Å². The molecule has 1 heterocycles. The molecule has 0 amide bonds. The molecule has 0 atom stereocenters. The number of rotatable bonds is 4. The Balaban J connectivity index is 1.57. The molecule has 0 bridgehead atoms. The molecule has 5 nitrogen and oxygen atoms in total. The molecule has 0 radical (unpaired) electrons. The smallest absolute Gasteiger partial charge is 0.264 e. The van der Waals surface area contributed by atoms with Gasteiger partial charge in [-0.15, -0.1) is 0 Å². The zero-order chi connectivity index (χ0) is 23.7. The average Bonchev–Trinajstić information content (AvgIpc) is 3.31. The van der Waals surface area contributed by atoms with Crippen LogP contribution in [0.25, 0.3) is 10.8 Å². The van der Waals surface area contributed by atoms with Gasteiger partial charge in [-0.05, 0) is 84.6 Å². The van der Waals surface area contributed by atoms with Crippen LogP contribution in [0.3, 0.4) is 0 Å². The van der Waals surface area contributed by atoms with E-state index in [2.05, 4.69) is 23.4 Å². The van der Waals surface area contributed by atoms with E-state index in [9.17, 15) is 13.7 Å². The molecule has 0 spiro atoms. The van der Waals surface area contributed by atoms with Gasteiger partial charge >= 0.3 is 10.1 Å². The highest BCUT2D eigenvalue weighted by molar-refractivity contribution is 8.17. The lowest BCUT2D eigenvalue weighted by Crippen LogP contribution is -2.13. The summed E-state index contributed by atoms with van der Waals surface area (Å²) in [4.78, 5) is 0.225. The first-order valence-corrected chi connectivity index (χ1v) is 13.7. The van der Waals surface area contributed by atoms with E-state index in [1.807, 2.05) is 37.3 Å². The van der Waals surface area contributed by atoms with Crippen molar-refractivity contribution >= 4 is 37.7 Å². The topological polar surface area (TPSA) is 79.5 Å². The lowest BCUT2D eigenvalue weighted by Gasteiger charge is -2.20. The summed E-state index contributed by atoms with van der Waals surface area (Å²) < 4.78 is 32.4. The van der Waals surface area contributed by atoms with E-state index in [-0.39, 0.29) is 4.90 Å². The fourth-order valence-electron chi connectivity index (χ4n) is 4.89. The molecule has 0 N–H and O–H groups in total. The van der Waals surface area contributed by atoms with Crippen LogP contribution < -0.4 is 0 Å². The molecule has 1 aliphatic heterocycles. The maximum absolute atomic E-state index is 13.5. The number of fused-ring (bicyclic) bond motifs is 2. The summed E-state index contributed by atoms with van der Waals surface area (Å²) in [5, 5.41) is 17.7. The van der Waals surface area contributed by atoms with E-state index in [1.54, 1.807) is 11.5 Å². The Labute approximate surface area is 204 Å². The lowest BCUT2D eigenvalue weighted by molar-refractivity contribution is 0.340. The van der Waals surface area contributed by atoms with Gasteiger partial charge in [0.05, 0.1) is 5.57 Å². The second-order valence-electron chi connectivity index (χ2n) is 8.62. The molecular formula is C27H24N2O3S2. The summed E-state index contributed by atoms with van der Waals surface area (Å²) in [7, 11) is -4.16. The van der Waals surface area contributed by atoms with Crippen LogP contribution in [0.5, 0.6) is 0 Å². The van der Waals surface area contributed by atoms with E-state index in [1.165, 1.54) is 11.8 Å². The number of thioether (sulfide) groups is 1. The SMILES string of the molecule is CC1=C(/C(C#N)=C2\C=CS\C2=N/OS(=O)(=O)c2c3c(cc4ccccc24)CCCC3)CCC=C1. The molecule has 2 aliphatic carbocycles. The van der Waals surface area contributed by atoms with Gasteiger partial charge in [-0.1, -0.05) is 59.4 Å². The summed E-state index contributed by atoms with van der Waals surface area (Å²) in [6, 6.07) is 11.9. The van der Waals surface area contributed by atoms with Crippen molar-refractivity contribution in [2.45, 2.75) is 50.3 Å². The second-order valence-corrected chi connectivity index (χ2v) is 11.0. The summed E-state index contributed by atoms with van der Waals surface area (Å²) in [5.41, 5.74) is 5.03. The Morgan fingerprint density at radius 3 is 2.79 bits per heavy atom. The van der Waals surface area contributed by atoms with Gasteiger partial charge < -0.3 is 0 Å². The first-order valence-electron chi connectivity index (χ1n) is 11.4. The van der Waals surface area contributed by atoms with Crippen LogP contribution in [0.2, 0.25) is 0 Å². The van der Waals surface area contributed by atoms with E-state index < -0.39 is 10.1 Å². The third kappa shape index (κ3) is 4.13.